The highest BCUT2D eigenvalue weighted by Gasteiger charge is 2.44. The van der Waals surface area contributed by atoms with E-state index >= 15 is 0 Å². The van der Waals surface area contributed by atoms with Gasteiger partial charge in [0.05, 0.1) is 0 Å². The van der Waals surface area contributed by atoms with Gasteiger partial charge in [-0.15, -0.1) is 0 Å². The van der Waals surface area contributed by atoms with Crippen LogP contribution in [-0.4, -0.2) is 18.1 Å². The molecule has 1 saturated heterocycles. The van der Waals surface area contributed by atoms with Crippen LogP contribution in [0.4, 0.5) is 5.88 Å². The van der Waals surface area contributed by atoms with Crippen LogP contribution in [0.25, 0.3) is 0 Å². The molecule has 2 heterocycles. The number of nitrogens with zero attached hydrogens (tertiary/aromatic N) is 3. The van der Waals surface area contributed by atoms with Crippen molar-refractivity contribution in [2.24, 2.45) is 5.92 Å². The Morgan fingerprint density at radius 3 is 2.34 bits per heavy atom. The van der Waals surface area contributed by atoms with Gasteiger partial charge in [-0.1, -0.05) is 60.7 Å². The Morgan fingerprint density at radius 1 is 0.966 bits per heavy atom. The quantitative estimate of drug-likeness (QED) is 0.602. The molecule has 0 unspecified atom stereocenters. The Bertz CT molecular complexity index is 998. The third kappa shape index (κ3) is 3.78. The molecule has 5 rings (SSSR count). The number of piperidine rings is 1. The van der Waals surface area contributed by atoms with Crippen LogP contribution < -0.4 is 4.90 Å². The number of hydrogen-bond acceptors (Lipinski definition) is 4. The zero-order valence-electron chi connectivity index (χ0n) is 16.5. The van der Waals surface area contributed by atoms with Crippen LogP contribution in [0.15, 0.2) is 65.1 Å². The molecule has 4 nitrogen and oxygen atoms in total. The van der Waals surface area contributed by atoms with Crippen LogP contribution in [-0.2, 0) is 6.42 Å². The van der Waals surface area contributed by atoms with E-state index in [0.717, 1.165) is 44.7 Å². The van der Waals surface area contributed by atoms with Gasteiger partial charge in [0.15, 0.2) is 0 Å². The topological polar surface area (TPSA) is 53.1 Å². The van der Waals surface area contributed by atoms with E-state index in [1.54, 1.807) is 0 Å². The van der Waals surface area contributed by atoms with E-state index in [4.69, 9.17) is 4.42 Å². The summed E-state index contributed by atoms with van der Waals surface area (Å²) in [7, 11) is 0. The fraction of sp³-hybridized carbons (Fsp3) is 0.360. The van der Waals surface area contributed by atoms with Gasteiger partial charge in [-0.3, -0.25) is 0 Å². The second-order valence-corrected chi connectivity index (χ2v) is 8.30. The fourth-order valence-corrected chi connectivity index (χ4v) is 4.60. The summed E-state index contributed by atoms with van der Waals surface area (Å²) in [4.78, 5) is 6.78. The Morgan fingerprint density at radius 2 is 1.66 bits per heavy atom. The number of hydrogen-bond donors (Lipinski definition) is 0. The van der Waals surface area contributed by atoms with Crippen LogP contribution in [0.2, 0.25) is 0 Å². The number of benzene rings is 2. The van der Waals surface area contributed by atoms with Crippen molar-refractivity contribution in [2.45, 2.75) is 37.5 Å². The predicted octanol–water partition coefficient (Wildman–Crippen LogP) is 5.28. The maximum atomic E-state index is 9.60. The van der Waals surface area contributed by atoms with E-state index in [1.807, 2.05) is 6.07 Å². The van der Waals surface area contributed by atoms with E-state index in [2.05, 4.69) is 70.6 Å². The van der Waals surface area contributed by atoms with Crippen molar-refractivity contribution in [1.82, 2.24) is 4.98 Å². The number of aromatic nitrogens is 1. The fourth-order valence-electron chi connectivity index (χ4n) is 4.60. The molecular formula is C25H25N3O. The van der Waals surface area contributed by atoms with Crippen molar-refractivity contribution in [2.75, 3.05) is 18.0 Å². The summed E-state index contributed by atoms with van der Waals surface area (Å²) in [5.74, 6) is 2.86. The molecule has 2 atom stereocenters. The summed E-state index contributed by atoms with van der Waals surface area (Å²) in [6.07, 6.45) is 4.41. The molecule has 1 saturated carbocycles. The molecule has 0 N–H and O–H groups in total. The average molecular weight is 383 g/mol. The third-order valence-corrected chi connectivity index (χ3v) is 6.34. The van der Waals surface area contributed by atoms with Gasteiger partial charge in [-0.2, -0.15) is 5.26 Å². The van der Waals surface area contributed by atoms with E-state index in [-0.39, 0.29) is 0 Å². The lowest BCUT2D eigenvalue weighted by atomic mass is 9.90. The Labute approximate surface area is 171 Å². The SMILES string of the molecule is N#Cc1nc([C@H]2C[C@@H]2c2ccccc2)oc1N1CCC(Cc2ccccc2)CC1. The smallest absolute Gasteiger partial charge is 0.234 e. The Balaban J connectivity index is 1.25. The van der Waals surface area contributed by atoms with E-state index in [1.165, 1.54) is 11.1 Å². The highest BCUT2D eigenvalue weighted by atomic mass is 16.4. The van der Waals surface area contributed by atoms with Crippen LogP contribution in [0.3, 0.4) is 0 Å². The number of anilines is 1. The lowest BCUT2D eigenvalue weighted by Crippen LogP contribution is -2.34. The first-order valence-corrected chi connectivity index (χ1v) is 10.6. The molecular weight excluding hydrogens is 358 g/mol. The van der Waals surface area contributed by atoms with E-state index < -0.39 is 0 Å². The predicted molar refractivity (Wildman–Crippen MR) is 113 cm³/mol. The molecule has 0 spiro atoms. The summed E-state index contributed by atoms with van der Waals surface area (Å²) in [5, 5.41) is 9.60. The first kappa shape index (κ1) is 18.0. The van der Waals surface area contributed by atoms with Crippen LogP contribution in [0.1, 0.15) is 53.8 Å². The molecule has 2 fully saturated rings. The van der Waals surface area contributed by atoms with Gasteiger partial charge in [0.1, 0.15) is 6.07 Å². The second kappa shape index (κ2) is 7.75. The molecule has 2 aliphatic rings. The van der Waals surface area contributed by atoms with Crippen LogP contribution in [0, 0.1) is 17.2 Å². The van der Waals surface area contributed by atoms with Crippen LogP contribution in [0.5, 0.6) is 0 Å². The summed E-state index contributed by atoms with van der Waals surface area (Å²) in [6, 6.07) is 23.5. The van der Waals surface area contributed by atoms with Gasteiger partial charge in [-0.25, -0.2) is 4.98 Å². The minimum absolute atomic E-state index is 0.300. The molecule has 0 amide bonds. The monoisotopic (exact) mass is 383 g/mol. The Hall–Kier alpha value is -3.06. The van der Waals surface area contributed by atoms with Crippen molar-refractivity contribution in [1.29, 1.82) is 5.26 Å². The number of oxazole rings is 1. The lowest BCUT2D eigenvalue weighted by molar-refractivity contribution is 0.383. The summed E-state index contributed by atoms with van der Waals surface area (Å²) in [5.41, 5.74) is 3.18. The van der Waals surface area contributed by atoms with E-state index in [0.29, 0.717) is 29.3 Å². The summed E-state index contributed by atoms with van der Waals surface area (Å²) < 4.78 is 6.17. The maximum absolute atomic E-state index is 9.60. The zero-order chi connectivity index (χ0) is 19.6. The maximum Gasteiger partial charge on any atom is 0.234 e. The molecule has 1 aliphatic heterocycles. The molecule has 2 aromatic carbocycles. The molecule has 146 valence electrons. The first-order chi connectivity index (χ1) is 14.3. The molecule has 0 radical (unpaired) electrons. The normalized spacial score (nSPS) is 21.7. The highest BCUT2D eigenvalue weighted by Crippen LogP contribution is 2.54. The largest absolute Gasteiger partial charge is 0.423 e. The Kier molecular flexibility index (Phi) is 4.81. The third-order valence-electron chi connectivity index (χ3n) is 6.34. The van der Waals surface area contributed by atoms with Gasteiger partial charge in [-0.05, 0) is 48.6 Å². The zero-order valence-corrected chi connectivity index (χ0v) is 16.5. The molecule has 3 aromatic rings. The molecule has 0 bridgehead atoms. The minimum Gasteiger partial charge on any atom is -0.423 e. The lowest BCUT2D eigenvalue weighted by Gasteiger charge is -2.31. The molecule has 1 aromatic heterocycles. The average Bonchev–Trinajstić information content (AvgIpc) is 3.47. The molecule has 4 heteroatoms. The van der Waals surface area contributed by atoms with E-state index in [9.17, 15) is 5.26 Å². The van der Waals surface area contributed by atoms with Gasteiger partial charge >= 0.3 is 0 Å². The molecule has 29 heavy (non-hydrogen) atoms. The highest BCUT2D eigenvalue weighted by molar-refractivity contribution is 5.49. The van der Waals surface area contributed by atoms with Gasteiger partial charge in [0.25, 0.3) is 0 Å². The number of nitriles is 1. The minimum atomic E-state index is 0.300. The summed E-state index contributed by atoms with van der Waals surface area (Å²) >= 11 is 0. The van der Waals surface area contributed by atoms with Gasteiger partial charge in [0.2, 0.25) is 17.5 Å². The second-order valence-electron chi connectivity index (χ2n) is 8.30. The van der Waals surface area contributed by atoms with Gasteiger partial charge < -0.3 is 9.32 Å². The van der Waals surface area contributed by atoms with Gasteiger partial charge in [0, 0.05) is 19.0 Å². The molecule has 1 aliphatic carbocycles. The van der Waals surface area contributed by atoms with Crippen molar-refractivity contribution in [3.63, 3.8) is 0 Å². The summed E-state index contributed by atoms with van der Waals surface area (Å²) in [6.45, 7) is 1.85. The van der Waals surface area contributed by atoms with Crippen molar-refractivity contribution in [3.05, 3.63) is 83.4 Å². The first-order valence-electron chi connectivity index (χ1n) is 10.6. The van der Waals surface area contributed by atoms with Crippen LogP contribution >= 0.6 is 0 Å². The number of rotatable bonds is 5. The standard InChI is InChI=1S/C25H25N3O/c26-17-23-25(28-13-11-19(12-14-28)15-18-7-3-1-4-8-18)29-24(27-23)22-16-21(22)20-9-5-2-6-10-20/h1-10,19,21-22H,11-16H2/t21-,22+/m1/s1. The van der Waals surface area contributed by atoms with Crippen molar-refractivity contribution < 1.29 is 4.42 Å². The van der Waals surface area contributed by atoms with Crippen molar-refractivity contribution >= 4 is 5.88 Å². The van der Waals surface area contributed by atoms with Crippen molar-refractivity contribution in [3.8, 4) is 6.07 Å².